The Morgan fingerprint density at radius 1 is 1.50 bits per heavy atom. The van der Waals surface area contributed by atoms with Crippen LogP contribution in [0.15, 0.2) is 28.7 Å². The number of hydrogen-bond acceptors (Lipinski definition) is 3. The van der Waals surface area contributed by atoms with Crippen molar-refractivity contribution in [3.8, 4) is 0 Å². The summed E-state index contributed by atoms with van der Waals surface area (Å²) in [6.07, 6.45) is 0. The Bertz CT molecular complexity index is 367. The third-order valence-corrected chi connectivity index (χ3v) is 2.77. The van der Waals surface area contributed by atoms with Gasteiger partial charge in [0, 0.05) is 17.3 Å². The summed E-state index contributed by atoms with van der Waals surface area (Å²) < 4.78 is 5.97. The summed E-state index contributed by atoms with van der Waals surface area (Å²) >= 11 is 3.34. The molecule has 1 aromatic rings. The molecular weight excluding hydrogens is 272 g/mol. The molecule has 0 aliphatic carbocycles. The SMILES string of the molecule is COCC(C)(Nc1ccc(Br)cc1)C(N)=O. The maximum Gasteiger partial charge on any atom is 0.245 e. The lowest BCUT2D eigenvalue weighted by Gasteiger charge is -2.27. The van der Waals surface area contributed by atoms with Crippen LogP contribution in [-0.2, 0) is 9.53 Å². The van der Waals surface area contributed by atoms with Gasteiger partial charge in [0.05, 0.1) is 6.61 Å². The molecule has 5 heteroatoms. The Morgan fingerprint density at radius 3 is 2.50 bits per heavy atom. The van der Waals surface area contributed by atoms with Gasteiger partial charge in [0.1, 0.15) is 5.54 Å². The van der Waals surface area contributed by atoms with Crippen LogP contribution in [0, 0.1) is 0 Å². The van der Waals surface area contributed by atoms with E-state index in [2.05, 4.69) is 21.2 Å². The molecule has 0 aliphatic rings. The zero-order chi connectivity index (χ0) is 12.2. The smallest absolute Gasteiger partial charge is 0.245 e. The van der Waals surface area contributed by atoms with Crippen molar-refractivity contribution in [3.05, 3.63) is 28.7 Å². The number of anilines is 1. The van der Waals surface area contributed by atoms with Crippen LogP contribution in [-0.4, -0.2) is 25.2 Å². The summed E-state index contributed by atoms with van der Waals surface area (Å²) in [5.41, 5.74) is 5.26. The van der Waals surface area contributed by atoms with E-state index in [0.29, 0.717) is 0 Å². The molecule has 1 atom stereocenters. The molecule has 0 bridgehead atoms. The Morgan fingerprint density at radius 2 is 2.06 bits per heavy atom. The van der Waals surface area contributed by atoms with E-state index in [1.54, 1.807) is 6.92 Å². The van der Waals surface area contributed by atoms with Crippen molar-refractivity contribution in [1.82, 2.24) is 0 Å². The minimum absolute atomic E-state index is 0.221. The van der Waals surface area contributed by atoms with Crippen LogP contribution in [0.5, 0.6) is 0 Å². The number of carbonyl (C=O) groups excluding carboxylic acids is 1. The monoisotopic (exact) mass is 286 g/mol. The molecule has 3 N–H and O–H groups in total. The molecule has 88 valence electrons. The van der Waals surface area contributed by atoms with Crippen molar-refractivity contribution in [1.29, 1.82) is 0 Å². The van der Waals surface area contributed by atoms with E-state index < -0.39 is 11.4 Å². The predicted molar refractivity (Wildman–Crippen MR) is 67.2 cm³/mol. The quantitative estimate of drug-likeness (QED) is 0.867. The second kappa shape index (κ2) is 5.32. The number of benzene rings is 1. The third-order valence-electron chi connectivity index (χ3n) is 2.24. The van der Waals surface area contributed by atoms with Crippen molar-refractivity contribution < 1.29 is 9.53 Å². The molecule has 0 saturated carbocycles. The molecule has 16 heavy (non-hydrogen) atoms. The van der Waals surface area contributed by atoms with Gasteiger partial charge in [-0.05, 0) is 31.2 Å². The number of carbonyl (C=O) groups is 1. The fourth-order valence-corrected chi connectivity index (χ4v) is 1.57. The van der Waals surface area contributed by atoms with Crippen LogP contribution < -0.4 is 11.1 Å². The van der Waals surface area contributed by atoms with Crippen LogP contribution in [0.3, 0.4) is 0 Å². The van der Waals surface area contributed by atoms with E-state index in [9.17, 15) is 4.79 Å². The van der Waals surface area contributed by atoms with E-state index >= 15 is 0 Å². The van der Waals surface area contributed by atoms with E-state index in [4.69, 9.17) is 10.5 Å². The summed E-state index contributed by atoms with van der Waals surface area (Å²) in [5, 5.41) is 3.06. The van der Waals surface area contributed by atoms with Crippen LogP contribution in [0.25, 0.3) is 0 Å². The highest BCUT2D eigenvalue weighted by Crippen LogP contribution is 2.18. The minimum Gasteiger partial charge on any atom is -0.382 e. The standard InChI is InChI=1S/C11H15BrN2O2/c1-11(7-16-2,10(13)15)14-9-5-3-8(12)4-6-9/h3-6,14H,7H2,1-2H3,(H2,13,15). The number of primary amides is 1. The lowest BCUT2D eigenvalue weighted by atomic mass is 10.0. The third kappa shape index (κ3) is 3.21. The molecule has 1 aromatic carbocycles. The van der Waals surface area contributed by atoms with Crippen molar-refractivity contribution in [2.24, 2.45) is 5.73 Å². The van der Waals surface area contributed by atoms with Gasteiger partial charge in [-0.15, -0.1) is 0 Å². The fourth-order valence-electron chi connectivity index (χ4n) is 1.31. The molecule has 0 fully saturated rings. The van der Waals surface area contributed by atoms with Gasteiger partial charge < -0.3 is 15.8 Å². The van der Waals surface area contributed by atoms with Gasteiger partial charge in [0.25, 0.3) is 0 Å². The number of halogens is 1. The molecule has 1 rings (SSSR count). The molecule has 0 aromatic heterocycles. The summed E-state index contributed by atoms with van der Waals surface area (Å²) in [6.45, 7) is 1.93. The Kier molecular flexibility index (Phi) is 4.32. The Hall–Kier alpha value is -1.07. The van der Waals surface area contributed by atoms with Crippen molar-refractivity contribution in [3.63, 3.8) is 0 Å². The highest BCUT2D eigenvalue weighted by atomic mass is 79.9. The molecule has 4 nitrogen and oxygen atoms in total. The molecular formula is C11H15BrN2O2. The van der Waals surface area contributed by atoms with Gasteiger partial charge in [-0.2, -0.15) is 0 Å². The van der Waals surface area contributed by atoms with E-state index in [1.165, 1.54) is 7.11 Å². The van der Waals surface area contributed by atoms with Gasteiger partial charge in [-0.1, -0.05) is 15.9 Å². The Balaban J connectivity index is 2.83. The van der Waals surface area contributed by atoms with E-state index in [0.717, 1.165) is 10.2 Å². The molecule has 0 heterocycles. The average molecular weight is 287 g/mol. The van der Waals surface area contributed by atoms with Gasteiger partial charge in [-0.3, -0.25) is 4.79 Å². The second-order valence-corrected chi connectivity index (χ2v) is 4.68. The van der Waals surface area contributed by atoms with Crippen molar-refractivity contribution in [2.45, 2.75) is 12.5 Å². The highest BCUT2D eigenvalue weighted by Gasteiger charge is 2.30. The zero-order valence-electron chi connectivity index (χ0n) is 9.29. The molecule has 1 amide bonds. The lowest BCUT2D eigenvalue weighted by Crippen LogP contribution is -2.51. The second-order valence-electron chi connectivity index (χ2n) is 3.76. The van der Waals surface area contributed by atoms with E-state index in [-0.39, 0.29) is 6.61 Å². The first kappa shape index (κ1) is 13.0. The summed E-state index contributed by atoms with van der Waals surface area (Å²) in [7, 11) is 1.53. The first-order chi connectivity index (χ1) is 7.48. The van der Waals surface area contributed by atoms with Crippen molar-refractivity contribution in [2.75, 3.05) is 19.0 Å². The largest absolute Gasteiger partial charge is 0.382 e. The number of rotatable bonds is 5. The van der Waals surface area contributed by atoms with Gasteiger partial charge in [0.15, 0.2) is 0 Å². The summed E-state index contributed by atoms with van der Waals surface area (Å²) in [5.74, 6) is -0.447. The van der Waals surface area contributed by atoms with Crippen LogP contribution >= 0.6 is 15.9 Å². The van der Waals surface area contributed by atoms with Gasteiger partial charge >= 0.3 is 0 Å². The maximum absolute atomic E-state index is 11.4. The number of amides is 1. The number of ether oxygens (including phenoxy) is 1. The first-order valence-electron chi connectivity index (χ1n) is 4.80. The van der Waals surface area contributed by atoms with Gasteiger partial charge in [0.2, 0.25) is 5.91 Å². The number of nitrogens with one attached hydrogen (secondary N) is 1. The van der Waals surface area contributed by atoms with Crippen LogP contribution in [0.4, 0.5) is 5.69 Å². The molecule has 0 spiro atoms. The van der Waals surface area contributed by atoms with E-state index in [1.807, 2.05) is 24.3 Å². The lowest BCUT2D eigenvalue weighted by molar-refractivity contribution is -0.123. The van der Waals surface area contributed by atoms with Crippen LogP contribution in [0.2, 0.25) is 0 Å². The summed E-state index contributed by atoms with van der Waals surface area (Å²) in [6, 6.07) is 7.50. The Labute approximate surface area is 103 Å². The predicted octanol–water partition coefficient (Wildman–Crippen LogP) is 1.75. The maximum atomic E-state index is 11.4. The number of hydrogen-bond donors (Lipinski definition) is 2. The van der Waals surface area contributed by atoms with Gasteiger partial charge in [-0.25, -0.2) is 0 Å². The molecule has 0 aliphatic heterocycles. The first-order valence-corrected chi connectivity index (χ1v) is 5.60. The minimum atomic E-state index is -0.900. The topological polar surface area (TPSA) is 64.3 Å². The normalized spacial score (nSPS) is 14.2. The number of nitrogens with two attached hydrogens (primary N) is 1. The van der Waals surface area contributed by atoms with Crippen molar-refractivity contribution >= 4 is 27.5 Å². The highest BCUT2D eigenvalue weighted by molar-refractivity contribution is 9.10. The fraction of sp³-hybridized carbons (Fsp3) is 0.364. The number of methoxy groups -OCH3 is 1. The molecule has 1 unspecified atom stereocenters. The molecule has 0 radical (unpaired) electrons. The molecule has 0 saturated heterocycles. The van der Waals surface area contributed by atoms with Crippen LogP contribution in [0.1, 0.15) is 6.92 Å². The summed E-state index contributed by atoms with van der Waals surface area (Å²) in [4.78, 5) is 11.4. The zero-order valence-corrected chi connectivity index (χ0v) is 10.9. The average Bonchev–Trinajstić information content (AvgIpc) is 2.22.